The SMILES string of the molecule is COc1nc(OC)c(-n2cc3c(c2C(C)C)[C@@]2(C(=O)Nc4cc(Cl)ccc42)N(c2cc(Cl)ccc2C)C3=O)c(OC)n1. The highest BCUT2D eigenvalue weighted by Gasteiger charge is 2.63. The number of ether oxygens (including phenoxy) is 3. The predicted molar refractivity (Wildman–Crippen MR) is 159 cm³/mol. The molecule has 1 N–H and O–H groups in total. The molecule has 0 fully saturated rings. The number of fused-ring (bicyclic) bond motifs is 4. The van der Waals surface area contributed by atoms with Crippen LogP contribution in [0.5, 0.6) is 17.8 Å². The van der Waals surface area contributed by atoms with Gasteiger partial charge in [-0.15, -0.1) is 0 Å². The number of hydrogen-bond donors (Lipinski definition) is 1. The van der Waals surface area contributed by atoms with E-state index in [4.69, 9.17) is 37.4 Å². The van der Waals surface area contributed by atoms with Gasteiger partial charge < -0.3 is 24.1 Å². The Bertz CT molecular complexity index is 1780. The molecule has 1 atom stereocenters. The Labute approximate surface area is 252 Å². The van der Waals surface area contributed by atoms with E-state index in [0.29, 0.717) is 49.5 Å². The van der Waals surface area contributed by atoms with Crippen molar-refractivity contribution in [3.05, 3.63) is 80.6 Å². The molecule has 0 saturated carbocycles. The predicted octanol–water partition coefficient (Wildman–Crippen LogP) is 5.89. The van der Waals surface area contributed by atoms with Gasteiger partial charge in [-0.2, -0.15) is 9.97 Å². The van der Waals surface area contributed by atoms with Crippen LogP contribution in [0.25, 0.3) is 5.69 Å². The summed E-state index contributed by atoms with van der Waals surface area (Å²) in [6, 6.07) is 10.5. The number of benzene rings is 2. The van der Waals surface area contributed by atoms with E-state index in [-0.39, 0.29) is 29.6 Å². The summed E-state index contributed by atoms with van der Waals surface area (Å²) in [5, 5.41) is 3.88. The Morgan fingerprint density at radius 1 is 0.929 bits per heavy atom. The Hall–Kier alpha value is -4.28. The summed E-state index contributed by atoms with van der Waals surface area (Å²) in [5.74, 6) is -0.626. The molecule has 12 heteroatoms. The van der Waals surface area contributed by atoms with Crippen molar-refractivity contribution in [2.24, 2.45) is 0 Å². The van der Waals surface area contributed by atoms with Crippen molar-refractivity contribution in [3.8, 4) is 23.5 Å². The van der Waals surface area contributed by atoms with Crippen LogP contribution in [0.15, 0.2) is 42.6 Å². The summed E-state index contributed by atoms with van der Waals surface area (Å²) >= 11 is 12.8. The molecule has 2 aliphatic rings. The number of aryl methyl sites for hydroxylation is 1. The molecule has 2 aromatic heterocycles. The van der Waals surface area contributed by atoms with Gasteiger partial charge in [0.25, 0.3) is 11.8 Å². The van der Waals surface area contributed by atoms with Crippen molar-refractivity contribution in [1.29, 1.82) is 0 Å². The van der Waals surface area contributed by atoms with E-state index in [1.807, 2.05) is 26.8 Å². The molecule has 4 aromatic rings. The summed E-state index contributed by atoms with van der Waals surface area (Å²) in [6.07, 6.45) is 1.69. The minimum atomic E-state index is -1.57. The number of amides is 2. The van der Waals surface area contributed by atoms with Crippen LogP contribution < -0.4 is 24.4 Å². The molecule has 4 heterocycles. The molecule has 2 aromatic carbocycles. The molecule has 2 amide bonds. The molecule has 0 saturated heterocycles. The van der Waals surface area contributed by atoms with Crippen molar-refractivity contribution < 1.29 is 23.8 Å². The number of methoxy groups -OCH3 is 3. The summed E-state index contributed by atoms with van der Waals surface area (Å²) in [4.78, 5) is 39.3. The number of anilines is 2. The second-order valence-electron chi connectivity index (χ2n) is 10.3. The zero-order valence-corrected chi connectivity index (χ0v) is 25.2. The van der Waals surface area contributed by atoms with Crippen LogP contribution in [0.2, 0.25) is 10.0 Å². The van der Waals surface area contributed by atoms with E-state index in [1.165, 1.54) is 21.3 Å². The third kappa shape index (κ3) is 3.71. The molecule has 0 bridgehead atoms. The fraction of sp³-hybridized carbons (Fsp3) is 0.267. The Morgan fingerprint density at radius 3 is 2.19 bits per heavy atom. The highest BCUT2D eigenvalue weighted by molar-refractivity contribution is 6.32. The third-order valence-electron chi connectivity index (χ3n) is 7.69. The zero-order valence-electron chi connectivity index (χ0n) is 23.7. The molecular weight excluding hydrogens is 581 g/mol. The molecule has 2 aliphatic heterocycles. The zero-order chi connectivity index (χ0) is 30.1. The molecule has 1 spiro atoms. The van der Waals surface area contributed by atoms with Gasteiger partial charge >= 0.3 is 6.01 Å². The number of nitrogens with zero attached hydrogens (tertiary/aromatic N) is 4. The van der Waals surface area contributed by atoms with Crippen molar-refractivity contribution in [3.63, 3.8) is 0 Å². The number of carbonyl (C=O) groups is 2. The van der Waals surface area contributed by atoms with Crippen LogP contribution in [0.1, 0.15) is 52.5 Å². The van der Waals surface area contributed by atoms with Crippen molar-refractivity contribution >= 4 is 46.4 Å². The highest BCUT2D eigenvalue weighted by atomic mass is 35.5. The average molecular weight is 608 g/mol. The summed E-state index contributed by atoms with van der Waals surface area (Å²) in [7, 11) is 4.38. The molecule has 42 heavy (non-hydrogen) atoms. The lowest BCUT2D eigenvalue weighted by Crippen LogP contribution is -2.51. The van der Waals surface area contributed by atoms with Gasteiger partial charge in [-0.25, -0.2) is 0 Å². The van der Waals surface area contributed by atoms with Crippen LogP contribution >= 0.6 is 23.2 Å². The fourth-order valence-electron chi connectivity index (χ4n) is 6.03. The molecule has 216 valence electrons. The van der Waals surface area contributed by atoms with Gasteiger partial charge in [-0.3, -0.25) is 14.5 Å². The van der Waals surface area contributed by atoms with Gasteiger partial charge in [-0.05, 0) is 42.7 Å². The van der Waals surface area contributed by atoms with Crippen LogP contribution in [0.4, 0.5) is 11.4 Å². The van der Waals surface area contributed by atoms with Gasteiger partial charge in [0.15, 0.2) is 11.2 Å². The first kappa shape index (κ1) is 27.9. The van der Waals surface area contributed by atoms with E-state index in [0.717, 1.165) is 5.56 Å². The van der Waals surface area contributed by atoms with Crippen LogP contribution in [-0.4, -0.2) is 47.7 Å². The first-order chi connectivity index (χ1) is 20.1. The number of rotatable bonds is 6. The molecule has 10 nitrogen and oxygen atoms in total. The number of nitrogens with one attached hydrogen (secondary N) is 1. The third-order valence-corrected chi connectivity index (χ3v) is 8.16. The van der Waals surface area contributed by atoms with Crippen LogP contribution in [0, 0.1) is 6.92 Å². The van der Waals surface area contributed by atoms with E-state index in [1.54, 1.807) is 46.0 Å². The first-order valence-electron chi connectivity index (χ1n) is 13.1. The van der Waals surface area contributed by atoms with Gasteiger partial charge in [0.05, 0.1) is 32.6 Å². The van der Waals surface area contributed by atoms with Crippen molar-refractivity contribution in [2.75, 3.05) is 31.5 Å². The molecule has 0 radical (unpaired) electrons. The van der Waals surface area contributed by atoms with E-state index in [9.17, 15) is 9.59 Å². The smallest absolute Gasteiger partial charge is 0.322 e. The Balaban J connectivity index is 1.75. The lowest BCUT2D eigenvalue weighted by atomic mass is 9.81. The van der Waals surface area contributed by atoms with E-state index >= 15 is 0 Å². The minimum absolute atomic E-state index is 0.0503. The maximum Gasteiger partial charge on any atom is 0.322 e. The molecular formula is C30H27Cl2N5O5. The summed E-state index contributed by atoms with van der Waals surface area (Å²) in [6.45, 7) is 5.84. The molecule has 0 aliphatic carbocycles. The largest absolute Gasteiger partial charge is 0.479 e. The van der Waals surface area contributed by atoms with E-state index in [2.05, 4.69) is 15.3 Å². The summed E-state index contributed by atoms with van der Waals surface area (Å²) < 4.78 is 18.3. The number of halogens is 2. The normalized spacial score (nSPS) is 17.1. The Morgan fingerprint density at radius 2 is 1.57 bits per heavy atom. The molecule has 6 rings (SSSR count). The standard InChI is InChI=1S/C30H27Cl2N5O5/c1-14(2)23-22-18(13-36(23)24-25(40-4)34-29(42-6)35-26(24)41-5)27(38)37(21-12-17(32)8-7-15(21)3)30(22)19-10-9-16(31)11-20(19)33-28(30)39/h7-14H,1-6H3,(H,33,39)/t30-/m0/s1. The van der Waals surface area contributed by atoms with Gasteiger partial charge in [0, 0.05) is 38.8 Å². The number of aromatic nitrogens is 3. The first-order valence-corrected chi connectivity index (χ1v) is 13.9. The maximum absolute atomic E-state index is 14.6. The van der Waals surface area contributed by atoms with Crippen LogP contribution in [0.3, 0.4) is 0 Å². The topological polar surface area (TPSA) is 108 Å². The maximum atomic E-state index is 14.6. The number of carbonyl (C=O) groups excluding carboxylic acids is 2. The fourth-order valence-corrected chi connectivity index (χ4v) is 6.37. The molecule has 0 unspecified atom stereocenters. The second-order valence-corrected chi connectivity index (χ2v) is 11.2. The monoisotopic (exact) mass is 607 g/mol. The van der Waals surface area contributed by atoms with Crippen molar-refractivity contribution in [1.82, 2.24) is 14.5 Å². The Kier molecular flexibility index (Phi) is 6.58. The average Bonchev–Trinajstić information content (AvgIpc) is 3.57. The van der Waals surface area contributed by atoms with Crippen LogP contribution in [-0.2, 0) is 10.3 Å². The van der Waals surface area contributed by atoms with Crippen molar-refractivity contribution in [2.45, 2.75) is 32.2 Å². The highest BCUT2D eigenvalue weighted by Crippen LogP contribution is 2.56. The second kappa shape index (κ2) is 9.92. The van der Waals surface area contributed by atoms with Gasteiger partial charge in [0.1, 0.15) is 0 Å². The quantitative estimate of drug-likeness (QED) is 0.291. The van der Waals surface area contributed by atoms with Gasteiger partial charge in [0.2, 0.25) is 11.8 Å². The minimum Gasteiger partial charge on any atom is -0.479 e. The lowest BCUT2D eigenvalue weighted by molar-refractivity contribution is -0.119. The number of hydrogen-bond acceptors (Lipinski definition) is 7. The lowest BCUT2D eigenvalue weighted by Gasteiger charge is -2.36. The van der Waals surface area contributed by atoms with E-state index < -0.39 is 11.4 Å². The summed E-state index contributed by atoms with van der Waals surface area (Å²) in [5.41, 5.74) is 2.73. The van der Waals surface area contributed by atoms with Gasteiger partial charge in [-0.1, -0.05) is 49.2 Å².